The molecule has 0 aliphatic rings. The highest BCUT2D eigenvalue weighted by molar-refractivity contribution is 7.99. The van der Waals surface area contributed by atoms with Gasteiger partial charge < -0.3 is 10.1 Å². The number of aromatic amines is 1. The van der Waals surface area contributed by atoms with Gasteiger partial charge in [0.1, 0.15) is 0 Å². The molecule has 4 heteroatoms. The summed E-state index contributed by atoms with van der Waals surface area (Å²) in [5.41, 5.74) is 0.844. The van der Waals surface area contributed by atoms with Gasteiger partial charge in [-0.05, 0) is 23.8 Å². The molecule has 14 heavy (non-hydrogen) atoms. The van der Waals surface area contributed by atoms with E-state index in [-0.39, 0.29) is 6.42 Å². The monoisotopic (exact) mass is 213 g/mol. The minimum Gasteiger partial charge on any atom is -0.481 e. The molecule has 0 saturated carbocycles. The Hall–Kier alpha value is -0.900. The van der Waals surface area contributed by atoms with Crippen molar-refractivity contribution in [3.05, 3.63) is 17.8 Å². The summed E-state index contributed by atoms with van der Waals surface area (Å²) >= 11 is 1.74. The molecule has 0 aromatic carbocycles. The van der Waals surface area contributed by atoms with Crippen molar-refractivity contribution in [2.75, 3.05) is 5.75 Å². The molecule has 0 aliphatic carbocycles. The topological polar surface area (TPSA) is 53.1 Å². The molecule has 0 spiro atoms. The number of carboxylic acids is 1. The molecule has 3 nitrogen and oxygen atoms in total. The van der Waals surface area contributed by atoms with Crippen LogP contribution >= 0.6 is 11.8 Å². The summed E-state index contributed by atoms with van der Waals surface area (Å²) in [6.07, 6.45) is 4.25. The van der Waals surface area contributed by atoms with E-state index in [9.17, 15) is 4.79 Å². The van der Waals surface area contributed by atoms with Gasteiger partial charge in [0.25, 0.3) is 0 Å². The van der Waals surface area contributed by atoms with E-state index in [1.807, 2.05) is 6.07 Å². The standard InChI is InChI=1S/C10H15NO2S/c1-2-3-4-14-9-5-8(7-11-9)6-10(12)13/h5,7,11H,2-4,6H2,1H3,(H,12,13). The Morgan fingerprint density at radius 3 is 3.07 bits per heavy atom. The Morgan fingerprint density at radius 1 is 1.64 bits per heavy atom. The third-order valence-electron chi connectivity index (χ3n) is 1.83. The number of carbonyl (C=O) groups is 1. The van der Waals surface area contributed by atoms with E-state index < -0.39 is 5.97 Å². The van der Waals surface area contributed by atoms with Gasteiger partial charge in [-0.3, -0.25) is 4.79 Å². The Morgan fingerprint density at radius 2 is 2.43 bits per heavy atom. The SMILES string of the molecule is CCCCSc1cc(CC(=O)O)c[nH]1. The zero-order valence-corrected chi connectivity index (χ0v) is 9.06. The largest absolute Gasteiger partial charge is 0.481 e. The van der Waals surface area contributed by atoms with E-state index in [1.165, 1.54) is 12.8 Å². The van der Waals surface area contributed by atoms with Crippen LogP contribution in [0.15, 0.2) is 17.3 Å². The molecule has 1 aromatic heterocycles. The van der Waals surface area contributed by atoms with Crippen molar-refractivity contribution in [2.24, 2.45) is 0 Å². The quantitative estimate of drug-likeness (QED) is 0.564. The van der Waals surface area contributed by atoms with Crippen LogP contribution < -0.4 is 0 Å². The average Bonchev–Trinajstić information content (AvgIpc) is 2.52. The van der Waals surface area contributed by atoms with Crippen LogP contribution in [0.1, 0.15) is 25.3 Å². The lowest BCUT2D eigenvalue weighted by Crippen LogP contribution is -1.97. The molecule has 0 saturated heterocycles. The van der Waals surface area contributed by atoms with Gasteiger partial charge in [0.05, 0.1) is 11.4 Å². The molecule has 0 atom stereocenters. The first-order valence-electron chi connectivity index (χ1n) is 4.74. The second-order valence-corrected chi connectivity index (χ2v) is 4.28. The Labute approximate surface area is 87.9 Å². The first kappa shape index (κ1) is 11.2. The number of hydrogen-bond donors (Lipinski definition) is 2. The fraction of sp³-hybridized carbons (Fsp3) is 0.500. The van der Waals surface area contributed by atoms with Gasteiger partial charge in [-0.2, -0.15) is 0 Å². The lowest BCUT2D eigenvalue weighted by molar-refractivity contribution is -0.136. The van der Waals surface area contributed by atoms with Gasteiger partial charge in [-0.25, -0.2) is 0 Å². The lowest BCUT2D eigenvalue weighted by atomic mass is 10.2. The van der Waals surface area contributed by atoms with Crippen LogP contribution in [-0.2, 0) is 11.2 Å². The molecular formula is C10H15NO2S. The third-order valence-corrected chi connectivity index (χ3v) is 2.87. The maximum absolute atomic E-state index is 10.4. The fourth-order valence-electron chi connectivity index (χ4n) is 1.10. The molecule has 1 heterocycles. The van der Waals surface area contributed by atoms with E-state index in [1.54, 1.807) is 18.0 Å². The summed E-state index contributed by atoms with van der Waals surface area (Å²) < 4.78 is 0. The first-order valence-corrected chi connectivity index (χ1v) is 5.73. The summed E-state index contributed by atoms with van der Waals surface area (Å²) in [6, 6.07) is 1.91. The highest BCUT2D eigenvalue weighted by atomic mass is 32.2. The minimum atomic E-state index is -0.783. The minimum absolute atomic E-state index is 0.102. The predicted molar refractivity (Wildman–Crippen MR) is 57.8 cm³/mol. The smallest absolute Gasteiger partial charge is 0.307 e. The van der Waals surface area contributed by atoms with Crippen molar-refractivity contribution in [1.82, 2.24) is 4.98 Å². The molecule has 0 bridgehead atoms. The van der Waals surface area contributed by atoms with Crippen LogP contribution in [0.5, 0.6) is 0 Å². The molecule has 0 aliphatic heterocycles. The lowest BCUT2D eigenvalue weighted by Gasteiger charge is -1.94. The number of rotatable bonds is 6. The van der Waals surface area contributed by atoms with Crippen molar-refractivity contribution in [2.45, 2.75) is 31.2 Å². The number of hydrogen-bond acceptors (Lipinski definition) is 2. The van der Waals surface area contributed by atoms with Gasteiger partial charge in [-0.1, -0.05) is 13.3 Å². The summed E-state index contributed by atoms with van der Waals surface area (Å²) in [5, 5.41) is 9.63. The second-order valence-electron chi connectivity index (χ2n) is 3.14. The van der Waals surface area contributed by atoms with Gasteiger partial charge in [0.2, 0.25) is 0 Å². The maximum Gasteiger partial charge on any atom is 0.307 e. The molecular weight excluding hydrogens is 198 g/mol. The van der Waals surface area contributed by atoms with Gasteiger partial charge >= 0.3 is 5.97 Å². The number of carboxylic acid groups (broad SMARTS) is 1. The third kappa shape index (κ3) is 3.87. The fourth-order valence-corrected chi connectivity index (χ4v) is 2.13. The summed E-state index contributed by atoms with van der Waals surface area (Å²) in [6.45, 7) is 2.16. The Balaban J connectivity index is 2.38. The van der Waals surface area contributed by atoms with Crippen LogP contribution in [0.25, 0.3) is 0 Å². The second kappa shape index (κ2) is 5.75. The summed E-state index contributed by atoms with van der Waals surface area (Å²) in [5.74, 6) is 0.304. The van der Waals surface area contributed by atoms with Crippen molar-refractivity contribution in [3.8, 4) is 0 Å². The zero-order chi connectivity index (χ0) is 10.4. The summed E-state index contributed by atoms with van der Waals surface area (Å²) in [7, 11) is 0. The normalized spacial score (nSPS) is 10.4. The van der Waals surface area contributed by atoms with Crippen molar-refractivity contribution in [3.63, 3.8) is 0 Å². The maximum atomic E-state index is 10.4. The number of thioether (sulfide) groups is 1. The van der Waals surface area contributed by atoms with E-state index in [4.69, 9.17) is 5.11 Å². The zero-order valence-electron chi connectivity index (χ0n) is 8.25. The molecule has 0 radical (unpaired) electrons. The number of aliphatic carboxylic acids is 1. The van der Waals surface area contributed by atoms with Crippen molar-refractivity contribution < 1.29 is 9.90 Å². The van der Waals surface area contributed by atoms with Crippen molar-refractivity contribution in [1.29, 1.82) is 0 Å². The van der Waals surface area contributed by atoms with E-state index in [2.05, 4.69) is 11.9 Å². The van der Waals surface area contributed by atoms with Crippen LogP contribution in [0.3, 0.4) is 0 Å². The highest BCUT2D eigenvalue weighted by Gasteiger charge is 2.03. The van der Waals surface area contributed by atoms with Gasteiger partial charge in [0, 0.05) is 6.20 Å². The van der Waals surface area contributed by atoms with E-state index in [0.717, 1.165) is 16.3 Å². The molecule has 0 amide bonds. The molecule has 0 unspecified atom stereocenters. The van der Waals surface area contributed by atoms with Gasteiger partial charge in [0.15, 0.2) is 0 Å². The summed E-state index contributed by atoms with van der Waals surface area (Å²) in [4.78, 5) is 13.5. The number of unbranched alkanes of at least 4 members (excludes halogenated alkanes) is 1. The number of aromatic nitrogens is 1. The first-order chi connectivity index (χ1) is 6.72. The number of H-pyrrole nitrogens is 1. The van der Waals surface area contributed by atoms with Crippen LogP contribution in [0.4, 0.5) is 0 Å². The van der Waals surface area contributed by atoms with Crippen LogP contribution in [0, 0.1) is 0 Å². The van der Waals surface area contributed by atoms with E-state index >= 15 is 0 Å². The average molecular weight is 213 g/mol. The number of nitrogens with one attached hydrogen (secondary N) is 1. The molecule has 1 rings (SSSR count). The van der Waals surface area contributed by atoms with Crippen LogP contribution in [-0.4, -0.2) is 21.8 Å². The van der Waals surface area contributed by atoms with Crippen molar-refractivity contribution >= 4 is 17.7 Å². The molecule has 1 aromatic rings. The van der Waals surface area contributed by atoms with E-state index in [0.29, 0.717) is 0 Å². The Kier molecular flexibility index (Phi) is 4.59. The molecule has 0 fully saturated rings. The van der Waals surface area contributed by atoms with Crippen LogP contribution in [0.2, 0.25) is 0 Å². The predicted octanol–water partition coefficient (Wildman–Crippen LogP) is 2.53. The highest BCUT2D eigenvalue weighted by Crippen LogP contribution is 2.19. The van der Waals surface area contributed by atoms with Gasteiger partial charge in [-0.15, -0.1) is 11.8 Å². The molecule has 78 valence electrons. The Bertz CT molecular complexity index is 296. The molecule has 2 N–H and O–H groups in total.